The third kappa shape index (κ3) is 3.33. The van der Waals surface area contributed by atoms with Gasteiger partial charge >= 0.3 is 0 Å². The van der Waals surface area contributed by atoms with Crippen LogP contribution in [0.1, 0.15) is 67.2 Å². The van der Waals surface area contributed by atoms with Crippen LogP contribution in [0.2, 0.25) is 0 Å². The highest BCUT2D eigenvalue weighted by Crippen LogP contribution is 2.65. The molecule has 0 aromatic rings. The Balaban J connectivity index is 1.57. The lowest BCUT2D eigenvalue weighted by atomic mass is 9.49. The van der Waals surface area contributed by atoms with Crippen molar-refractivity contribution in [1.82, 2.24) is 0 Å². The highest BCUT2D eigenvalue weighted by atomic mass is 16.1. The number of ketones is 1. The molecule has 0 N–H and O–H groups in total. The molecule has 0 radical (unpaired) electrons. The van der Waals surface area contributed by atoms with E-state index in [1.807, 2.05) is 12.2 Å². The van der Waals surface area contributed by atoms with E-state index in [-0.39, 0.29) is 11.2 Å². The summed E-state index contributed by atoms with van der Waals surface area (Å²) in [6.45, 7) is 14.4. The van der Waals surface area contributed by atoms with E-state index in [4.69, 9.17) is 0 Å². The van der Waals surface area contributed by atoms with Gasteiger partial charge in [0, 0.05) is 5.41 Å². The van der Waals surface area contributed by atoms with Crippen LogP contribution in [0.25, 0.3) is 0 Å². The first-order valence-corrected chi connectivity index (χ1v) is 12.0. The molecule has 0 aromatic carbocycles. The fraction of sp³-hybridized carbons (Fsp3) is 0.679. The van der Waals surface area contributed by atoms with Crippen molar-refractivity contribution in [2.45, 2.75) is 67.2 Å². The maximum atomic E-state index is 11.9. The molecular formula is C28H40O. The Kier molecular flexibility index (Phi) is 5.33. The van der Waals surface area contributed by atoms with Gasteiger partial charge in [-0.2, -0.15) is 0 Å². The quantitative estimate of drug-likeness (QED) is 0.463. The SMILES string of the molecule is CC(C)[C@@H](C)C=C[C@@H](C)[C@H]1CC[C@H]2[C@@H]3C=CC4=CC(=O)C=C[C@]4(C)[C@H]3CC[C@]12C. The van der Waals surface area contributed by atoms with E-state index in [1.165, 1.54) is 31.3 Å². The molecule has 0 amide bonds. The van der Waals surface area contributed by atoms with E-state index in [0.29, 0.717) is 35.0 Å². The number of hydrogen-bond acceptors (Lipinski definition) is 1. The topological polar surface area (TPSA) is 17.1 Å². The molecular weight excluding hydrogens is 352 g/mol. The van der Waals surface area contributed by atoms with Crippen LogP contribution < -0.4 is 0 Å². The van der Waals surface area contributed by atoms with Crippen molar-refractivity contribution >= 4 is 5.78 Å². The predicted octanol–water partition coefficient (Wildman–Crippen LogP) is 7.17. The van der Waals surface area contributed by atoms with Gasteiger partial charge in [-0.1, -0.05) is 71.9 Å². The van der Waals surface area contributed by atoms with Crippen LogP contribution in [0.3, 0.4) is 0 Å². The Labute approximate surface area is 178 Å². The normalized spacial score (nSPS) is 43.1. The van der Waals surface area contributed by atoms with Crippen molar-refractivity contribution in [3.63, 3.8) is 0 Å². The summed E-state index contributed by atoms with van der Waals surface area (Å²) in [5.74, 6) is 5.07. The van der Waals surface area contributed by atoms with Crippen molar-refractivity contribution in [2.75, 3.05) is 0 Å². The first-order chi connectivity index (χ1) is 13.7. The standard InChI is InChI=1S/C28H40O/c1-18(2)19(3)7-8-20(4)24-11-12-25-23-10-9-21-17-22(29)13-15-27(21,5)26(23)14-16-28(24,25)6/h7-10,13,15,17-20,23-26H,11-12,14,16H2,1-6H3/t19-,20+,23-,24+,25-,26-,27-,28+/m0/s1. The minimum atomic E-state index is 0.0466. The molecule has 158 valence electrons. The number of hydrogen-bond donors (Lipinski definition) is 0. The van der Waals surface area contributed by atoms with Gasteiger partial charge in [-0.15, -0.1) is 0 Å². The first kappa shape index (κ1) is 20.9. The molecule has 0 aromatic heterocycles. The molecule has 0 heterocycles. The molecule has 2 saturated carbocycles. The minimum absolute atomic E-state index is 0.0466. The first-order valence-electron chi connectivity index (χ1n) is 12.0. The molecule has 0 bridgehead atoms. The van der Waals surface area contributed by atoms with Crippen LogP contribution in [0.5, 0.6) is 0 Å². The van der Waals surface area contributed by atoms with Gasteiger partial charge < -0.3 is 0 Å². The zero-order valence-corrected chi connectivity index (χ0v) is 19.3. The number of allylic oxidation sites excluding steroid dienone is 8. The minimum Gasteiger partial charge on any atom is -0.290 e. The zero-order chi connectivity index (χ0) is 21.0. The van der Waals surface area contributed by atoms with Crippen LogP contribution in [-0.4, -0.2) is 5.78 Å². The number of fused-ring (bicyclic) bond motifs is 5. The number of rotatable bonds is 4. The fourth-order valence-corrected chi connectivity index (χ4v) is 7.26. The van der Waals surface area contributed by atoms with Gasteiger partial charge in [-0.3, -0.25) is 4.79 Å². The molecule has 0 saturated heterocycles. The van der Waals surface area contributed by atoms with Crippen LogP contribution in [0, 0.1) is 52.3 Å². The van der Waals surface area contributed by atoms with Crippen LogP contribution >= 0.6 is 0 Å². The summed E-state index contributed by atoms with van der Waals surface area (Å²) in [4.78, 5) is 11.9. The van der Waals surface area contributed by atoms with Crippen molar-refractivity contribution < 1.29 is 4.79 Å². The van der Waals surface area contributed by atoms with Gasteiger partial charge in [0.05, 0.1) is 0 Å². The number of carbonyl (C=O) groups excluding carboxylic acids is 1. The number of carbonyl (C=O) groups is 1. The smallest absolute Gasteiger partial charge is 0.178 e. The summed E-state index contributed by atoms with van der Waals surface area (Å²) in [6.07, 6.45) is 21.0. The highest BCUT2D eigenvalue weighted by Gasteiger charge is 2.57. The predicted molar refractivity (Wildman–Crippen MR) is 122 cm³/mol. The second kappa shape index (κ2) is 7.40. The van der Waals surface area contributed by atoms with Gasteiger partial charge in [0.2, 0.25) is 0 Å². The van der Waals surface area contributed by atoms with E-state index >= 15 is 0 Å². The molecule has 1 heteroatoms. The monoisotopic (exact) mass is 392 g/mol. The molecule has 8 atom stereocenters. The van der Waals surface area contributed by atoms with Crippen molar-refractivity contribution in [2.24, 2.45) is 52.3 Å². The summed E-state index contributed by atoms with van der Waals surface area (Å²) in [5.41, 5.74) is 1.73. The van der Waals surface area contributed by atoms with Gasteiger partial charge in [0.25, 0.3) is 0 Å². The van der Waals surface area contributed by atoms with Crippen LogP contribution in [0.4, 0.5) is 0 Å². The molecule has 0 aliphatic heterocycles. The van der Waals surface area contributed by atoms with E-state index in [1.54, 1.807) is 0 Å². The third-order valence-corrected chi connectivity index (χ3v) is 9.59. The second-order valence-electron chi connectivity index (χ2n) is 11.3. The molecule has 0 spiro atoms. The van der Waals surface area contributed by atoms with E-state index in [9.17, 15) is 4.79 Å². The van der Waals surface area contributed by atoms with Crippen molar-refractivity contribution in [3.8, 4) is 0 Å². The Morgan fingerprint density at radius 1 is 1.00 bits per heavy atom. The molecule has 2 fully saturated rings. The van der Waals surface area contributed by atoms with Gasteiger partial charge in [-0.25, -0.2) is 0 Å². The Morgan fingerprint density at radius 3 is 2.48 bits per heavy atom. The maximum Gasteiger partial charge on any atom is 0.178 e. The third-order valence-electron chi connectivity index (χ3n) is 9.59. The average Bonchev–Trinajstić information content (AvgIpc) is 3.03. The van der Waals surface area contributed by atoms with E-state index in [0.717, 1.165) is 11.8 Å². The van der Waals surface area contributed by atoms with Crippen molar-refractivity contribution in [3.05, 3.63) is 48.1 Å². The molecule has 0 unspecified atom stereocenters. The highest BCUT2D eigenvalue weighted by molar-refractivity contribution is 6.01. The van der Waals surface area contributed by atoms with E-state index in [2.05, 4.69) is 71.9 Å². The van der Waals surface area contributed by atoms with Gasteiger partial charge in [0.15, 0.2) is 5.78 Å². The van der Waals surface area contributed by atoms with Crippen LogP contribution in [0.15, 0.2) is 48.1 Å². The summed E-state index contributed by atoms with van der Waals surface area (Å²) in [5, 5.41) is 0. The lowest BCUT2D eigenvalue weighted by molar-refractivity contribution is -0.110. The molecule has 29 heavy (non-hydrogen) atoms. The lowest BCUT2D eigenvalue weighted by Crippen LogP contribution is -2.48. The average molecular weight is 393 g/mol. The van der Waals surface area contributed by atoms with Crippen molar-refractivity contribution in [1.29, 1.82) is 0 Å². The molecule has 1 nitrogen and oxygen atoms in total. The zero-order valence-electron chi connectivity index (χ0n) is 19.3. The van der Waals surface area contributed by atoms with Gasteiger partial charge in [-0.05, 0) is 90.2 Å². The molecule has 4 aliphatic carbocycles. The molecule has 4 rings (SSSR count). The van der Waals surface area contributed by atoms with Gasteiger partial charge in [0.1, 0.15) is 0 Å². The summed E-state index contributed by atoms with van der Waals surface area (Å²) in [6, 6.07) is 0. The maximum absolute atomic E-state index is 11.9. The second-order valence-corrected chi connectivity index (χ2v) is 11.3. The summed E-state index contributed by atoms with van der Waals surface area (Å²) < 4.78 is 0. The largest absolute Gasteiger partial charge is 0.290 e. The Hall–Kier alpha value is -1.37. The summed E-state index contributed by atoms with van der Waals surface area (Å²) in [7, 11) is 0. The Morgan fingerprint density at radius 2 is 1.76 bits per heavy atom. The lowest BCUT2D eigenvalue weighted by Gasteiger charge is -2.55. The summed E-state index contributed by atoms with van der Waals surface area (Å²) >= 11 is 0. The fourth-order valence-electron chi connectivity index (χ4n) is 7.26. The Bertz CT molecular complexity index is 780. The van der Waals surface area contributed by atoms with Crippen LogP contribution in [-0.2, 0) is 4.79 Å². The van der Waals surface area contributed by atoms with E-state index < -0.39 is 0 Å². The molecule has 4 aliphatic rings.